The first kappa shape index (κ1) is 12.0. The SMILES string of the molecule is CNC(=O)N(O)C(CO)c1ccc(C)s1. The van der Waals surface area contributed by atoms with Crippen LogP contribution in [0.4, 0.5) is 4.79 Å². The Morgan fingerprint density at radius 1 is 1.67 bits per heavy atom. The normalized spacial score (nSPS) is 12.3. The summed E-state index contributed by atoms with van der Waals surface area (Å²) in [6.07, 6.45) is 0. The number of urea groups is 1. The van der Waals surface area contributed by atoms with Gasteiger partial charge in [0.15, 0.2) is 0 Å². The molecule has 6 heteroatoms. The monoisotopic (exact) mass is 230 g/mol. The number of hydrogen-bond donors (Lipinski definition) is 3. The molecule has 1 atom stereocenters. The van der Waals surface area contributed by atoms with Crippen LogP contribution in [0.2, 0.25) is 0 Å². The lowest BCUT2D eigenvalue weighted by molar-refractivity contribution is -0.0910. The molecule has 0 saturated carbocycles. The Labute approximate surface area is 91.9 Å². The number of hydroxylamine groups is 2. The van der Waals surface area contributed by atoms with Gasteiger partial charge in [-0.2, -0.15) is 5.06 Å². The van der Waals surface area contributed by atoms with Gasteiger partial charge in [-0.1, -0.05) is 0 Å². The van der Waals surface area contributed by atoms with Crippen LogP contribution in [0, 0.1) is 6.92 Å². The smallest absolute Gasteiger partial charge is 0.341 e. The van der Waals surface area contributed by atoms with E-state index in [1.807, 2.05) is 13.0 Å². The highest BCUT2D eigenvalue weighted by molar-refractivity contribution is 7.12. The fourth-order valence-corrected chi connectivity index (χ4v) is 2.13. The maximum atomic E-state index is 11.2. The molecule has 0 bridgehead atoms. The van der Waals surface area contributed by atoms with E-state index < -0.39 is 12.1 Å². The second-order valence-corrected chi connectivity index (χ2v) is 4.37. The van der Waals surface area contributed by atoms with Crippen LogP contribution in [0.15, 0.2) is 12.1 Å². The molecule has 1 aromatic heterocycles. The van der Waals surface area contributed by atoms with Gasteiger partial charge in [0.05, 0.1) is 6.61 Å². The van der Waals surface area contributed by atoms with Gasteiger partial charge in [-0.25, -0.2) is 4.79 Å². The molecule has 1 rings (SSSR count). The Morgan fingerprint density at radius 2 is 2.33 bits per heavy atom. The van der Waals surface area contributed by atoms with Gasteiger partial charge in [0.25, 0.3) is 0 Å². The zero-order valence-electron chi connectivity index (χ0n) is 8.60. The third-order valence-electron chi connectivity index (χ3n) is 1.98. The molecule has 0 aromatic carbocycles. The Bertz CT molecular complexity index is 340. The lowest BCUT2D eigenvalue weighted by atomic mass is 10.2. The summed E-state index contributed by atoms with van der Waals surface area (Å²) < 4.78 is 0. The van der Waals surface area contributed by atoms with E-state index in [2.05, 4.69) is 5.32 Å². The van der Waals surface area contributed by atoms with E-state index >= 15 is 0 Å². The molecule has 0 aliphatic heterocycles. The first-order chi connectivity index (χ1) is 7.10. The van der Waals surface area contributed by atoms with Crippen molar-refractivity contribution >= 4 is 17.4 Å². The standard InChI is InChI=1S/C9H14N2O3S/c1-6-3-4-8(15-6)7(5-12)11(14)9(13)10-2/h3-4,7,12,14H,5H2,1-2H3,(H,10,13). The van der Waals surface area contributed by atoms with Crippen molar-refractivity contribution in [3.8, 4) is 0 Å². The minimum Gasteiger partial charge on any atom is -0.394 e. The maximum Gasteiger partial charge on any atom is 0.341 e. The van der Waals surface area contributed by atoms with Crippen molar-refractivity contribution in [3.63, 3.8) is 0 Å². The molecule has 2 amide bonds. The number of hydrogen-bond acceptors (Lipinski definition) is 4. The van der Waals surface area contributed by atoms with Crippen LogP contribution in [0.1, 0.15) is 15.8 Å². The van der Waals surface area contributed by atoms with E-state index in [4.69, 9.17) is 5.11 Å². The molecule has 1 unspecified atom stereocenters. The van der Waals surface area contributed by atoms with Gasteiger partial charge in [0.1, 0.15) is 6.04 Å². The molecule has 0 fully saturated rings. The Kier molecular flexibility index (Phi) is 4.07. The molecule has 0 saturated heterocycles. The number of thiophene rings is 1. The van der Waals surface area contributed by atoms with E-state index in [1.54, 1.807) is 6.07 Å². The Hall–Kier alpha value is -1.11. The highest BCUT2D eigenvalue weighted by atomic mass is 32.1. The summed E-state index contributed by atoms with van der Waals surface area (Å²) in [7, 11) is 1.42. The molecular formula is C9H14N2O3S. The van der Waals surface area contributed by atoms with Gasteiger partial charge in [0.2, 0.25) is 0 Å². The van der Waals surface area contributed by atoms with Crippen LogP contribution in [-0.2, 0) is 0 Å². The number of rotatable bonds is 3. The summed E-state index contributed by atoms with van der Waals surface area (Å²) in [6, 6.07) is 2.32. The summed E-state index contributed by atoms with van der Waals surface area (Å²) in [4.78, 5) is 13.0. The van der Waals surface area contributed by atoms with Gasteiger partial charge >= 0.3 is 6.03 Å². The quantitative estimate of drug-likeness (QED) is 0.538. The predicted molar refractivity (Wildman–Crippen MR) is 57.0 cm³/mol. The van der Waals surface area contributed by atoms with Crippen LogP contribution in [0.5, 0.6) is 0 Å². The zero-order chi connectivity index (χ0) is 11.4. The molecule has 1 heterocycles. The van der Waals surface area contributed by atoms with Crippen molar-refractivity contribution in [1.29, 1.82) is 0 Å². The number of nitrogens with zero attached hydrogens (tertiary/aromatic N) is 1. The lowest BCUT2D eigenvalue weighted by Crippen LogP contribution is -2.39. The van der Waals surface area contributed by atoms with Crippen molar-refractivity contribution in [2.24, 2.45) is 0 Å². The molecule has 1 aromatic rings. The van der Waals surface area contributed by atoms with E-state index in [0.29, 0.717) is 5.06 Å². The highest BCUT2D eigenvalue weighted by Crippen LogP contribution is 2.26. The second-order valence-electron chi connectivity index (χ2n) is 3.05. The third-order valence-corrected chi connectivity index (χ3v) is 3.08. The van der Waals surface area contributed by atoms with Crippen LogP contribution < -0.4 is 5.32 Å². The fourth-order valence-electron chi connectivity index (χ4n) is 1.18. The molecule has 0 aliphatic carbocycles. The van der Waals surface area contributed by atoms with Crippen molar-refractivity contribution in [3.05, 3.63) is 21.9 Å². The number of carbonyl (C=O) groups excluding carboxylic acids is 1. The van der Waals surface area contributed by atoms with Gasteiger partial charge in [-0.15, -0.1) is 11.3 Å². The number of aliphatic hydroxyl groups excluding tert-OH is 1. The van der Waals surface area contributed by atoms with Gasteiger partial charge < -0.3 is 10.4 Å². The molecular weight excluding hydrogens is 216 g/mol. The summed E-state index contributed by atoms with van der Waals surface area (Å²) in [6.45, 7) is 1.61. The van der Waals surface area contributed by atoms with Crippen LogP contribution in [0.3, 0.4) is 0 Å². The first-order valence-electron chi connectivity index (χ1n) is 4.47. The summed E-state index contributed by atoms with van der Waals surface area (Å²) in [5.41, 5.74) is 0. The molecule has 15 heavy (non-hydrogen) atoms. The summed E-state index contributed by atoms with van der Waals surface area (Å²) >= 11 is 1.43. The fraction of sp³-hybridized carbons (Fsp3) is 0.444. The first-order valence-corrected chi connectivity index (χ1v) is 5.28. The van der Waals surface area contributed by atoms with E-state index in [9.17, 15) is 10.0 Å². The molecule has 3 N–H and O–H groups in total. The van der Waals surface area contributed by atoms with Crippen LogP contribution in [0.25, 0.3) is 0 Å². The van der Waals surface area contributed by atoms with Crippen LogP contribution >= 0.6 is 11.3 Å². The van der Waals surface area contributed by atoms with Crippen molar-refractivity contribution in [2.45, 2.75) is 13.0 Å². The Morgan fingerprint density at radius 3 is 2.73 bits per heavy atom. The average Bonchev–Trinajstić information content (AvgIpc) is 2.64. The summed E-state index contributed by atoms with van der Waals surface area (Å²) in [5.74, 6) is 0. The number of nitrogens with one attached hydrogen (secondary N) is 1. The van der Waals surface area contributed by atoms with E-state index in [-0.39, 0.29) is 6.61 Å². The van der Waals surface area contributed by atoms with Crippen molar-refractivity contribution in [1.82, 2.24) is 10.4 Å². The Balaban J connectivity index is 2.84. The zero-order valence-corrected chi connectivity index (χ0v) is 9.41. The maximum absolute atomic E-state index is 11.2. The van der Waals surface area contributed by atoms with E-state index in [0.717, 1.165) is 9.75 Å². The molecule has 84 valence electrons. The van der Waals surface area contributed by atoms with Crippen molar-refractivity contribution in [2.75, 3.05) is 13.7 Å². The minimum absolute atomic E-state index is 0.316. The minimum atomic E-state index is -0.705. The van der Waals surface area contributed by atoms with Gasteiger partial charge in [-0.3, -0.25) is 5.21 Å². The number of carbonyl (C=O) groups is 1. The predicted octanol–water partition coefficient (Wildman–Crippen LogP) is 1.12. The molecule has 0 radical (unpaired) electrons. The largest absolute Gasteiger partial charge is 0.394 e. The molecule has 0 spiro atoms. The van der Waals surface area contributed by atoms with E-state index in [1.165, 1.54) is 18.4 Å². The summed E-state index contributed by atoms with van der Waals surface area (Å²) in [5, 5.41) is 21.4. The second kappa shape index (κ2) is 5.11. The average molecular weight is 230 g/mol. The van der Waals surface area contributed by atoms with Gasteiger partial charge in [-0.05, 0) is 19.1 Å². The highest BCUT2D eigenvalue weighted by Gasteiger charge is 2.23. The molecule has 0 aliphatic rings. The third kappa shape index (κ3) is 2.68. The number of amides is 2. The number of aliphatic hydroxyl groups is 1. The number of aryl methyl sites for hydroxylation is 1. The van der Waals surface area contributed by atoms with Crippen LogP contribution in [-0.4, -0.2) is 35.1 Å². The van der Waals surface area contributed by atoms with Crippen molar-refractivity contribution < 1.29 is 15.1 Å². The molecule has 5 nitrogen and oxygen atoms in total. The topological polar surface area (TPSA) is 72.8 Å². The lowest BCUT2D eigenvalue weighted by Gasteiger charge is -2.22. The van der Waals surface area contributed by atoms with Gasteiger partial charge in [0, 0.05) is 16.8 Å².